The minimum Gasteiger partial charge on any atom is -0.0975 e. The molecule has 0 N–H and O–H groups in total. The van der Waals surface area contributed by atoms with Crippen LogP contribution in [0, 0.1) is 11.8 Å². The maximum atomic E-state index is 3.55. The highest BCUT2D eigenvalue weighted by Gasteiger charge is 1.95. The Balaban J connectivity index is 1.93. The average molecular weight is 285 g/mol. The Bertz CT molecular complexity index is 532. The molecular weight excluding hydrogens is 272 g/mol. The van der Waals surface area contributed by atoms with Crippen molar-refractivity contribution in [2.24, 2.45) is 0 Å². The van der Waals surface area contributed by atoms with Crippen LogP contribution in [-0.4, -0.2) is 0 Å². The molecule has 0 fully saturated rings. The van der Waals surface area contributed by atoms with Crippen molar-refractivity contribution in [1.29, 1.82) is 0 Å². The summed E-state index contributed by atoms with van der Waals surface area (Å²) in [5.74, 6) is 6.38. The summed E-state index contributed by atoms with van der Waals surface area (Å²) in [6.45, 7) is 0. The SMILES string of the molecule is Brc1ccccc1CCC#Cc1ccccc1. The Kier molecular flexibility index (Phi) is 4.41. The van der Waals surface area contributed by atoms with E-state index in [1.54, 1.807) is 0 Å². The summed E-state index contributed by atoms with van der Waals surface area (Å²) in [4.78, 5) is 0. The van der Waals surface area contributed by atoms with Gasteiger partial charge in [0, 0.05) is 16.5 Å². The smallest absolute Gasteiger partial charge is 0.0245 e. The lowest BCUT2D eigenvalue weighted by Gasteiger charge is -1.99. The van der Waals surface area contributed by atoms with Crippen molar-refractivity contribution >= 4 is 15.9 Å². The van der Waals surface area contributed by atoms with Gasteiger partial charge in [0.05, 0.1) is 0 Å². The molecule has 2 aromatic rings. The Morgan fingerprint density at radius 1 is 0.882 bits per heavy atom. The van der Waals surface area contributed by atoms with E-state index in [-0.39, 0.29) is 0 Å². The normalized spacial score (nSPS) is 9.47. The van der Waals surface area contributed by atoms with E-state index in [9.17, 15) is 0 Å². The largest absolute Gasteiger partial charge is 0.0975 e. The van der Waals surface area contributed by atoms with Crippen LogP contribution in [0.4, 0.5) is 0 Å². The third kappa shape index (κ3) is 3.76. The van der Waals surface area contributed by atoms with E-state index in [2.05, 4.69) is 46.0 Å². The fourth-order valence-electron chi connectivity index (χ4n) is 1.58. The molecule has 0 saturated carbocycles. The zero-order chi connectivity index (χ0) is 11.9. The zero-order valence-corrected chi connectivity index (χ0v) is 11.1. The summed E-state index contributed by atoms with van der Waals surface area (Å²) < 4.78 is 1.17. The third-order valence-corrected chi connectivity index (χ3v) is 3.26. The van der Waals surface area contributed by atoms with Crippen molar-refractivity contribution in [3.05, 3.63) is 70.2 Å². The van der Waals surface area contributed by atoms with E-state index >= 15 is 0 Å². The minimum absolute atomic E-state index is 0.886. The van der Waals surface area contributed by atoms with Gasteiger partial charge in [-0.15, -0.1) is 0 Å². The first-order valence-electron chi connectivity index (χ1n) is 5.63. The summed E-state index contributed by atoms with van der Waals surface area (Å²) in [5, 5.41) is 0. The molecule has 0 aliphatic rings. The van der Waals surface area contributed by atoms with Gasteiger partial charge in [0.15, 0.2) is 0 Å². The van der Waals surface area contributed by atoms with E-state index in [0.29, 0.717) is 0 Å². The monoisotopic (exact) mass is 284 g/mol. The molecule has 0 aromatic heterocycles. The highest BCUT2D eigenvalue weighted by molar-refractivity contribution is 9.10. The molecule has 0 unspecified atom stereocenters. The predicted octanol–water partition coefficient (Wildman–Crippen LogP) is 4.43. The molecule has 0 aliphatic heterocycles. The molecule has 0 nitrogen and oxygen atoms in total. The summed E-state index contributed by atoms with van der Waals surface area (Å²) in [7, 11) is 0. The van der Waals surface area contributed by atoms with Gasteiger partial charge in [-0.1, -0.05) is 64.2 Å². The Hall–Kier alpha value is -1.52. The van der Waals surface area contributed by atoms with Crippen LogP contribution in [-0.2, 0) is 6.42 Å². The highest BCUT2D eigenvalue weighted by Crippen LogP contribution is 2.16. The molecule has 0 heterocycles. The Labute approximate surface area is 111 Å². The van der Waals surface area contributed by atoms with Gasteiger partial charge in [-0.05, 0) is 30.2 Å². The van der Waals surface area contributed by atoms with Crippen LogP contribution < -0.4 is 0 Å². The second-order valence-corrected chi connectivity index (χ2v) is 4.61. The van der Waals surface area contributed by atoms with E-state index in [0.717, 1.165) is 18.4 Å². The summed E-state index contributed by atoms with van der Waals surface area (Å²) in [6, 6.07) is 18.4. The highest BCUT2D eigenvalue weighted by atomic mass is 79.9. The quantitative estimate of drug-likeness (QED) is 0.716. The van der Waals surface area contributed by atoms with Gasteiger partial charge in [-0.2, -0.15) is 0 Å². The lowest BCUT2D eigenvalue weighted by atomic mass is 10.1. The first-order chi connectivity index (χ1) is 8.36. The van der Waals surface area contributed by atoms with Crippen molar-refractivity contribution in [3.8, 4) is 11.8 Å². The first kappa shape index (κ1) is 12.0. The van der Waals surface area contributed by atoms with Gasteiger partial charge >= 0.3 is 0 Å². The number of rotatable bonds is 2. The molecule has 17 heavy (non-hydrogen) atoms. The van der Waals surface area contributed by atoms with Crippen molar-refractivity contribution in [2.45, 2.75) is 12.8 Å². The Morgan fingerprint density at radius 2 is 1.59 bits per heavy atom. The maximum Gasteiger partial charge on any atom is 0.0245 e. The van der Waals surface area contributed by atoms with E-state index in [1.165, 1.54) is 10.0 Å². The third-order valence-electron chi connectivity index (χ3n) is 2.48. The van der Waals surface area contributed by atoms with Crippen LogP contribution in [0.25, 0.3) is 0 Å². The number of hydrogen-bond donors (Lipinski definition) is 0. The fraction of sp³-hybridized carbons (Fsp3) is 0.125. The lowest BCUT2D eigenvalue weighted by Crippen LogP contribution is -1.84. The van der Waals surface area contributed by atoms with Crippen molar-refractivity contribution in [1.82, 2.24) is 0 Å². The number of benzene rings is 2. The van der Waals surface area contributed by atoms with Gasteiger partial charge in [0.1, 0.15) is 0 Å². The topological polar surface area (TPSA) is 0 Å². The molecule has 0 spiro atoms. The predicted molar refractivity (Wildman–Crippen MR) is 75.8 cm³/mol. The van der Waals surface area contributed by atoms with E-state index in [4.69, 9.17) is 0 Å². The minimum atomic E-state index is 0.886. The molecule has 2 rings (SSSR count). The van der Waals surface area contributed by atoms with Crippen LogP contribution in [0.5, 0.6) is 0 Å². The van der Waals surface area contributed by atoms with Crippen LogP contribution >= 0.6 is 15.9 Å². The van der Waals surface area contributed by atoms with Crippen LogP contribution in [0.15, 0.2) is 59.1 Å². The summed E-state index contributed by atoms with van der Waals surface area (Å²) >= 11 is 3.55. The van der Waals surface area contributed by atoms with Crippen molar-refractivity contribution in [2.75, 3.05) is 0 Å². The van der Waals surface area contributed by atoms with E-state index in [1.807, 2.05) is 36.4 Å². The molecule has 0 radical (unpaired) electrons. The van der Waals surface area contributed by atoms with Crippen LogP contribution in [0.1, 0.15) is 17.5 Å². The molecule has 1 heteroatoms. The first-order valence-corrected chi connectivity index (χ1v) is 6.43. The molecule has 84 valence electrons. The molecule has 0 bridgehead atoms. The molecule has 0 aliphatic carbocycles. The molecule has 2 aromatic carbocycles. The van der Waals surface area contributed by atoms with Gasteiger partial charge in [0.25, 0.3) is 0 Å². The van der Waals surface area contributed by atoms with Gasteiger partial charge in [-0.3, -0.25) is 0 Å². The fourth-order valence-corrected chi connectivity index (χ4v) is 2.07. The van der Waals surface area contributed by atoms with Crippen LogP contribution in [0.2, 0.25) is 0 Å². The second-order valence-electron chi connectivity index (χ2n) is 3.76. The van der Waals surface area contributed by atoms with Crippen LogP contribution in [0.3, 0.4) is 0 Å². The standard InChI is InChI=1S/C16H13Br/c17-16-13-7-6-12-15(16)11-5-4-10-14-8-2-1-3-9-14/h1-3,6-9,12-13H,5,11H2. The number of aryl methyl sites for hydroxylation is 1. The van der Waals surface area contributed by atoms with Crippen molar-refractivity contribution in [3.63, 3.8) is 0 Å². The van der Waals surface area contributed by atoms with Crippen molar-refractivity contribution < 1.29 is 0 Å². The van der Waals surface area contributed by atoms with Gasteiger partial charge in [-0.25, -0.2) is 0 Å². The maximum absolute atomic E-state index is 3.55. The average Bonchev–Trinajstić information content (AvgIpc) is 2.38. The summed E-state index contributed by atoms with van der Waals surface area (Å²) in [6.07, 6.45) is 1.87. The Morgan fingerprint density at radius 3 is 2.35 bits per heavy atom. The van der Waals surface area contributed by atoms with E-state index < -0.39 is 0 Å². The second kappa shape index (κ2) is 6.27. The number of halogens is 1. The van der Waals surface area contributed by atoms with Gasteiger partial charge in [0.2, 0.25) is 0 Å². The van der Waals surface area contributed by atoms with Gasteiger partial charge < -0.3 is 0 Å². The molecular formula is C16H13Br. The lowest BCUT2D eigenvalue weighted by molar-refractivity contribution is 1.02. The zero-order valence-electron chi connectivity index (χ0n) is 9.49. The summed E-state index contributed by atoms with van der Waals surface area (Å²) in [5.41, 5.74) is 2.40. The molecule has 0 saturated heterocycles. The number of hydrogen-bond acceptors (Lipinski definition) is 0. The molecule has 0 atom stereocenters. The molecule has 0 amide bonds.